The van der Waals surface area contributed by atoms with E-state index in [1.54, 1.807) is 18.3 Å². The third-order valence-corrected chi connectivity index (χ3v) is 5.25. The molecule has 1 fully saturated rings. The van der Waals surface area contributed by atoms with Gasteiger partial charge in [0.05, 0.1) is 12.1 Å². The third-order valence-electron chi connectivity index (χ3n) is 5.25. The minimum atomic E-state index is -0.603. The molecule has 0 spiro atoms. The van der Waals surface area contributed by atoms with Gasteiger partial charge in [-0.2, -0.15) is 5.21 Å². The van der Waals surface area contributed by atoms with Crippen LogP contribution in [0.2, 0.25) is 0 Å². The molecule has 2 aromatic rings. The zero-order chi connectivity index (χ0) is 18.1. The summed E-state index contributed by atoms with van der Waals surface area (Å²) in [5, 5.41) is 13.4. The van der Waals surface area contributed by atoms with Crippen molar-refractivity contribution in [2.45, 2.75) is 31.1 Å². The lowest BCUT2D eigenvalue weighted by atomic mass is 9.78. The number of halogens is 1. The van der Waals surface area contributed by atoms with E-state index in [0.29, 0.717) is 6.54 Å². The Morgan fingerprint density at radius 3 is 2.73 bits per heavy atom. The van der Waals surface area contributed by atoms with Gasteiger partial charge in [-0.25, -0.2) is 4.39 Å². The number of carbonyl (C=O) groups excluding carboxylic acids is 2. The van der Waals surface area contributed by atoms with Crippen LogP contribution in [0.15, 0.2) is 30.5 Å². The Labute approximate surface area is 149 Å². The summed E-state index contributed by atoms with van der Waals surface area (Å²) in [6.45, 7) is 0.550. The quantitative estimate of drug-likeness (QED) is 0.839. The largest absolute Gasteiger partial charge is 0.368 e. The molecule has 0 atom stereocenters. The monoisotopic (exact) mass is 355 g/mol. The van der Waals surface area contributed by atoms with Gasteiger partial charge in [0.25, 0.3) is 0 Å². The minimum Gasteiger partial charge on any atom is -0.368 e. The Morgan fingerprint density at radius 1 is 1.23 bits per heavy atom. The number of tetrazole rings is 1. The Bertz CT molecular complexity index is 871. The number of hydrogen-bond acceptors (Lipinski definition) is 6. The van der Waals surface area contributed by atoms with E-state index in [1.807, 2.05) is 11.0 Å². The van der Waals surface area contributed by atoms with Crippen LogP contribution >= 0.6 is 0 Å². The van der Waals surface area contributed by atoms with E-state index in [4.69, 9.17) is 0 Å². The molecular weight excluding hydrogens is 337 g/mol. The molecule has 0 radical (unpaired) electrons. The van der Waals surface area contributed by atoms with Gasteiger partial charge in [0.1, 0.15) is 5.82 Å². The summed E-state index contributed by atoms with van der Waals surface area (Å²) in [5.41, 5.74) is 0.845. The van der Waals surface area contributed by atoms with Gasteiger partial charge in [0.2, 0.25) is 17.4 Å². The first-order chi connectivity index (χ1) is 12.6. The summed E-state index contributed by atoms with van der Waals surface area (Å²) in [5.74, 6) is -1.26. The second-order valence-electron chi connectivity index (χ2n) is 6.93. The molecule has 2 heterocycles. The average molecular weight is 355 g/mol. The maximum Gasteiger partial charge on any atom is 0.235 e. The van der Waals surface area contributed by atoms with Crippen LogP contribution in [-0.2, 0) is 15.0 Å². The fourth-order valence-electron chi connectivity index (χ4n) is 4.03. The van der Waals surface area contributed by atoms with Gasteiger partial charge in [0.15, 0.2) is 0 Å². The second-order valence-corrected chi connectivity index (χ2v) is 6.93. The number of benzene rings is 1. The average Bonchev–Trinajstić information content (AvgIpc) is 3.30. The van der Waals surface area contributed by atoms with Gasteiger partial charge in [-0.05, 0) is 35.8 Å². The van der Waals surface area contributed by atoms with Crippen LogP contribution in [0, 0.1) is 5.82 Å². The summed E-state index contributed by atoms with van der Waals surface area (Å²) >= 11 is 0. The first kappa shape index (κ1) is 16.6. The highest BCUT2D eigenvalue weighted by Crippen LogP contribution is 2.42. The van der Waals surface area contributed by atoms with Crippen molar-refractivity contribution < 1.29 is 14.0 Å². The highest BCUT2D eigenvalue weighted by atomic mass is 19.1. The number of hydrogen-bond donors (Lipinski definition) is 1. The molecule has 1 saturated carbocycles. The normalized spacial score (nSPS) is 19.7. The van der Waals surface area contributed by atoms with Gasteiger partial charge in [-0.1, -0.05) is 25.0 Å². The highest BCUT2D eigenvalue weighted by Gasteiger charge is 2.39. The molecule has 1 aliphatic carbocycles. The van der Waals surface area contributed by atoms with Crippen molar-refractivity contribution in [2.24, 2.45) is 0 Å². The first-order valence-electron chi connectivity index (χ1n) is 8.61. The molecule has 1 aromatic carbocycles. The van der Waals surface area contributed by atoms with E-state index in [9.17, 15) is 14.0 Å². The van der Waals surface area contributed by atoms with Crippen molar-refractivity contribution in [3.8, 4) is 0 Å². The molecule has 1 aromatic heterocycles. The fraction of sp³-hybridized carbons (Fsp3) is 0.389. The molecule has 0 saturated heterocycles. The number of aromatic amines is 1. The highest BCUT2D eigenvalue weighted by molar-refractivity contribution is 6.54. The number of Topliss-reactive ketones (excluding diaryl/α,β-unsaturated/α-hetero) is 2. The Balaban J connectivity index is 1.68. The number of carbonyl (C=O) groups is 2. The van der Waals surface area contributed by atoms with Gasteiger partial charge < -0.3 is 4.90 Å². The molecule has 0 unspecified atom stereocenters. The van der Waals surface area contributed by atoms with Gasteiger partial charge in [0, 0.05) is 18.2 Å². The van der Waals surface area contributed by atoms with Crippen molar-refractivity contribution in [1.29, 1.82) is 0 Å². The number of allylic oxidation sites excluding steroid dienone is 1. The Morgan fingerprint density at radius 2 is 2.04 bits per heavy atom. The lowest BCUT2D eigenvalue weighted by molar-refractivity contribution is -0.134. The molecule has 1 aliphatic heterocycles. The SMILES string of the molecule is O=C1CN(CC2(c3cccc(F)c3)CCCC2)C=C(c2nn[nH]n2)C1=O. The van der Waals surface area contributed by atoms with Crippen molar-refractivity contribution in [1.82, 2.24) is 25.5 Å². The van der Waals surface area contributed by atoms with E-state index in [1.165, 1.54) is 6.07 Å². The predicted octanol–water partition coefficient (Wildman–Crippen LogP) is 1.65. The number of rotatable bonds is 4. The van der Waals surface area contributed by atoms with E-state index < -0.39 is 11.6 Å². The zero-order valence-corrected chi connectivity index (χ0v) is 14.1. The van der Waals surface area contributed by atoms with Crippen molar-refractivity contribution in [3.05, 3.63) is 47.7 Å². The van der Waals surface area contributed by atoms with Crippen LogP contribution in [0.4, 0.5) is 4.39 Å². The third kappa shape index (κ3) is 2.91. The van der Waals surface area contributed by atoms with Gasteiger partial charge in [-0.15, -0.1) is 10.2 Å². The lowest BCUT2D eigenvalue weighted by Gasteiger charge is -2.36. The van der Waals surface area contributed by atoms with Gasteiger partial charge in [-0.3, -0.25) is 9.59 Å². The molecule has 2 aliphatic rings. The number of ketones is 2. The van der Waals surface area contributed by atoms with Crippen LogP contribution in [0.3, 0.4) is 0 Å². The molecule has 26 heavy (non-hydrogen) atoms. The minimum absolute atomic E-state index is 0.0112. The Kier molecular flexibility index (Phi) is 4.10. The summed E-state index contributed by atoms with van der Waals surface area (Å²) < 4.78 is 13.8. The standard InChI is InChI=1S/C18H18FN5O2/c19-13-5-3-4-12(8-13)18(6-1-2-7-18)11-24-9-14(16(26)15(25)10-24)17-20-22-23-21-17/h3-5,8-9H,1-2,6-7,10-11H2,(H,20,21,22,23). The second kappa shape index (κ2) is 6.44. The molecular formula is C18H18FN5O2. The van der Waals surface area contributed by atoms with Crippen LogP contribution in [0.25, 0.3) is 5.57 Å². The van der Waals surface area contributed by atoms with E-state index in [-0.39, 0.29) is 29.2 Å². The van der Waals surface area contributed by atoms with Crippen LogP contribution in [0.1, 0.15) is 37.1 Å². The van der Waals surface area contributed by atoms with Crippen molar-refractivity contribution in [3.63, 3.8) is 0 Å². The van der Waals surface area contributed by atoms with Crippen LogP contribution in [0.5, 0.6) is 0 Å². The Hall–Kier alpha value is -2.90. The summed E-state index contributed by atoms with van der Waals surface area (Å²) in [4.78, 5) is 26.2. The maximum atomic E-state index is 13.8. The van der Waals surface area contributed by atoms with E-state index in [0.717, 1.165) is 31.2 Å². The molecule has 0 amide bonds. The van der Waals surface area contributed by atoms with E-state index in [2.05, 4.69) is 20.6 Å². The maximum absolute atomic E-state index is 13.8. The van der Waals surface area contributed by atoms with Crippen molar-refractivity contribution >= 4 is 17.1 Å². The van der Waals surface area contributed by atoms with Crippen LogP contribution in [-0.4, -0.2) is 50.2 Å². The molecule has 134 valence electrons. The predicted molar refractivity (Wildman–Crippen MR) is 90.3 cm³/mol. The summed E-state index contributed by atoms with van der Waals surface area (Å²) in [6, 6.07) is 6.67. The van der Waals surface area contributed by atoms with Crippen molar-refractivity contribution in [2.75, 3.05) is 13.1 Å². The first-order valence-corrected chi connectivity index (χ1v) is 8.61. The molecule has 7 nitrogen and oxygen atoms in total. The zero-order valence-electron chi connectivity index (χ0n) is 14.1. The summed E-state index contributed by atoms with van der Waals surface area (Å²) in [7, 11) is 0. The fourth-order valence-corrected chi connectivity index (χ4v) is 4.03. The van der Waals surface area contributed by atoms with Gasteiger partial charge >= 0.3 is 0 Å². The smallest absolute Gasteiger partial charge is 0.235 e. The lowest BCUT2D eigenvalue weighted by Crippen LogP contribution is -2.43. The number of aromatic nitrogens is 4. The number of nitrogens with one attached hydrogen (secondary N) is 1. The molecule has 0 bridgehead atoms. The molecule has 4 rings (SSSR count). The molecule has 8 heteroatoms. The summed E-state index contributed by atoms with van der Waals surface area (Å²) in [6.07, 6.45) is 5.58. The molecule has 1 N–H and O–H groups in total. The number of H-pyrrole nitrogens is 1. The van der Waals surface area contributed by atoms with E-state index >= 15 is 0 Å². The van der Waals surface area contributed by atoms with Crippen LogP contribution < -0.4 is 0 Å². The number of nitrogens with zero attached hydrogens (tertiary/aromatic N) is 4. The topological polar surface area (TPSA) is 91.8 Å².